The number of hydrogen-bond acceptors (Lipinski definition) is 5. The Morgan fingerprint density at radius 2 is 1.90 bits per heavy atom. The lowest BCUT2D eigenvalue weighted by molar-refractivity contribution is 0.0872. The minimum atomic E-state index is -0.450. The van der Waals surface area contributed by atoms with E-state index in [2.05, 4.69) is 32.5 Å². The topological polar surface area (TPSA) is 71.3 Å². The van der Waals surface area contributed by atoms with Gasteiger partial charge < -0.3 is 9.73 Å². The van der Waals surface area contributed by atoms with Crippen LogP contribution in [0.4, 0.5) is 4.39 Å². The van der Waals surface area contributed by atoms with Gasteiger partial charge in [0.25, 0.3) is 0 Å². The molecule has 0 spiro atoms. The van der Waals surface area contributed by atoms with Gasteiger partial charge in [-0.1, -0.05) is 48.0 Å². The smallest absolute Gasteiger partial charge is 0.309 e. The highest BCUT2D eigenvalue weighted by Gasteiger charge is 2.24. The van der Waals surface area contributed by atoms with Crippen molar-refractivity contribution in [1.29, 1.82) is 0 Å². The number of piperidine rings is 1. The first-order chi connectivity index (χ1) is 14.6. The van der Waals surface area contributed by atoms with Gasteiger partial charge >= 0.3 is 11.8 Å². The van der Waals surface area contributed by atoms with Gasteiger partial charge in [-0.15, -0.1) is 10.2 Å². The standard InChI is InChI=1S/C22H22ClFN4O2/c23-18-7-4-8-19(24)17(18)13-20-26-27-22(30-20)21(29)25-16-9-11-28(12-10-16)14-15-5-2-1-3-6-15/h1-8,16H,9-14H2,(H,25,29). The van der Waals surface area contributed by atoms with E-state index in [1.165, 1.54) is 17.7 Å². The van der Waals surface area contributed by atoms with E-state index in [1.807, 2.05) is 18.2 Å². The molecule has 0 unspecified atom stereocenters. The number of carbonyl (C=O) groups excluding carboxylic acids is 1. The molecule has 1 aliphatic rings. The maximum Gasteiger partial charge on any atom is 0.309 e. The second-order valence-electron chi connectivity index (χ2n) is 7.39. The maximum atomic E-state index is 13.9. The zero-order valence-corrected chi connectivity index (χ0v) is 17.1. The predicted molar refractivity (Wildman–Crippen MR) is 111 cm³/mol. The molecule has 1 fully saturated rings. The number of amides is 1. The van der Waals surface area contributed by atoms with Crippen LogP contribution in [-0.4, -0.2) is 40.1 Å². The number of nitrogens with one attached hydrogen (secondary N) is 1. The predicted octanol–water partition coefficient (Wildman–Crippen LogP) is 3.85. The fourth-order valence-corrected chi connectivity index (χ4v) is 3.82. The monoisotopic (exact) mass is 428 g/mol. The van der Waals surface area contributed by atoms with Gasteiger partial charge in [0, 0.05) is 36.3 Å². The molecule has 0 bridgehead atoms. The van der Waals surface area contributed by atoms with E-state index < -0.39 is 11.7 Å². The average molecular weight is 429 g/mol. The minimum absolute atomic E-state index is 0.0314. The Kier molecular flexibility index (Phi) is 6.40. The summed E-state index contributed by atoms with van der Waals surface area (Å²) in [6.07, 6.45) is 1.73. The second-order valence-corrected chi connectivity index (χ2v) is 7.79. The van der Waals surface area contributed by atoms with Crippen molar-refractivity contribution in [3.63, 3.8) is 0 Å². The van der Waals surface area contributed by atoms with Crippen molar-refractivity contribution < 1.29 is 13.6 Å². The molecule has 6 nitrogen and oxygen atoms in total. The van der Waals surface area contributed by atoms with Crippen molar-refractivity contribution in [2.75, 3.05) is 13.1 Å². The van der Waals surface area contributed by atoms with Crippen LogP contribution < -0.4 is 5.32 Å². The quantitative estimate of drug-likeness (QED) is 0.645. The van der Waals surface area contributed by atoms with E-state index in [1.54, 1.807) is 6.07 Å². The minimum Gasteiger partial charge on any atom is -0.417 e. The third-order valence-electron chi connectivity index (χ3n) is 5.22. The van der Waals surface area contributed by atoms with Crippen LogP contribution in [0.5, 0.6) is 0 Å². The molecule has 1 amide bonds. The lowest BCUT2D eigenvalue weighted by Gasteiger charge is -2.32. The molecule has 1 saturated heterocycles. The summed E-state index contributed by atoms with van der Waals surface area (Å²) in [5.74, 6) is -0.835. The number of hydrogen-bond donors (Lipinski definition) is 1. The zero-order valence-electron chi connectivity index (χ0n) is 16.4. The number of carbonyl (C=O) groups is 1. The van der Waals surface area contributed by atoms with Crippen molar-refractivity contribution in [1.82, 2.24) is 20.4 Å². The average Bonchev–Trinajstić information content (AvgIpc) is 3.22. The first-order valence-electron chi connectivity index (χ1n) is 9.91. The molecule has 1 N–H and O–H groups in total. The molecule has 2 heterocycles. The van der Waals surface area contributed by atoms with E-state index in [0.29, 0.717) is 0 Å². The van der Waals surface area contributed by atoms with Crippen molar-refractivity contribution in [3.8, 4) is 0 Å². The molecule has 0 radical (unpaired) electrons. The largest absolute Gasteiger partial charge is 0.417 e. The van der Waals surface area contributed by atoms with Crippen molar-refractivity contribution in [2.45, 2.75) is 31.8 Å². The van der Waals surface area contributed by atoms with Gasteiger partial charge in [-0.2, -0.15) is 0 Å². The summed E-state index contributed by atoms with van der Waals surface area (Å²) in [5.41, 5.74) is 1.55. The highest BCUT2D eigenvalue weighted by molar-refractivity contribution is 6.31. The molecule has 0 aliphatic carbocycles. The Balaban J connectivity index is 1.29. The summed E-state index contributed by atoms with van der Waals surface area (Å²) in [4.78, 5) is 14.8. The Morgan fingerprint density at radius 1 is 1.13 bits per heavy atom. The van der Waals surface area contributed by atoms with Gasteiger partial charge in [0.05, 0.1) is 6.42 Å². The summed E-state index contributed by atoms with van der Waals surface area (Å²) in [5, 5.41) is 10.9. The molecule has 3 aromatic rings. The van der Waals surface area contributed by atoms with Gasteiger partial charge in [0.1, 0.15) is 5.82 Å². The molecule has 0 saturated carbocycles. The Morgan fingerprint density at radius 3 is 2.63 bits per heavy atom. The molecule has 8 heteroatoms. The molecule has 30 heavy (non-hydrogen) atoms. The van der Waals surface area contributed by atoms with Crippen LogP contribution in [0.1, 0.15) is 40.5 Å². The van der Waals surface area contributed by atoms with Crippen molar-refractivity contribution in [2.24, 2.45) is 0 Å². The van der Waals surface area contributed by atoms with E-state index in [9.17, 15) is 9.18 Å². The van der Waals surface area contributed by atoms with Gasteiger partial charge in [-0.05, 0) is 30.5 Å². The third kappa shape index (κ3) is 5.04. The van der Waals surface area contributed by atoms with Crippen LogP contribution in [0.25, 0.3) is 0 Å². The number of halogens is 2. The van der Waals surface area contributed by atoms with Crippen LogP contribution in [0, 0.1) is 5.82 Å². The summed E-state index contributed by atoms with van der Waals surface area (Å²) in [6, 6.07) is 14.8. The van der Waals surface area contributed by atoms with E-state index in [0.717, 1.165) is 32.5 Å². The second kappa shape index (κ2) is 9.36. The van der Waals surface area contributed by atoms with E-state index in [-0.39, 0.29) is 34.8 Å². The number of nitrogens with zero attached hydrogens (tertiary/aromatic N) is 3. The number of likely N-dealkylation sites (tertiary alicyclic amines) is 1. The van der Waals surface area contributed by atoms with E-state index >= 15 is 0 Å². The van der Waals surface area contributed by atoms with Gasteiger partial charge in [-0.3, -0.25) is 9.69 Å². The molecule has 156 valence electrons. The van der Waals surface area contributed by atoms with Gasteiger partial charge in [0.15, 0.2) is 0 Å². The Hall–Kier alpha value is -2.77. The molecule has 0 atom stereocenters. The molecular weight excluding hydrogens is 407 g/mol. The molecule has 1 aromatic heterocycles. The SMILES string of the molecule is O=C(NC1CCN(Cc2ccccc2)CC1)c1nnc(Cc2c(F)cccc2Cl)o1. The maximum absolute atomic E-state index is 13.9. The molecule has 1 aliphatic heterocycles. The summed E-state index contributed by atoms with van der Waals surface area (Å²) in [7, 11) is 0. The molecular formula is C22H22ClFN4O2. The lowest BCUT2D eigenvalue weighted by Crippen LogP contribution is -2.44. The van der Waals surface area contributed by atoms with Crippen LogP contribution in [0.15, 0.2) is 52.9 Å². The number of aromatic nitrogens is 2. The number of benzene rings is 2. The first kappa shape index (κ1) is 20.5. The normalized spacial score (nSPS) is 15.3. The van der Waals surface area contributed by atoms with Gasteiger partial charge in [-0.25, -0.2) is 4.39 Å². The molecule has 4 rings (SSSR count). The fourth-order valence-electron chi connectivity index (χ4n) is 3.59. The van der Waals surface area contributed by atoms with Crippen molar-refractivity contribution in [3.05, 3.63) is 82.3 Å². The van der Waals surface area contributed by atoms with Crippen LogP contribution in [-0.2, 0) is 13.0 Å². The van der Waals surface area contributed by atoms with Crippen LogP contribution >= 0.6 is 11.6 Å². The van der Waals surface area contributed by atoms with Crippen LogP contribution in [0.3, 0.4) is 0 Å². The highest BCUT2D eigenvalue weighted by atomic mass is 35.5. The number of rotatable bonds is 6. The zero-order chi connectivity index (χ0) is 20.9. The van der Waals surface area contributed by atoms with Gasteiger partial charge in [0.2, 0.25) is 5.89 Å². The third-order valence-corrected chi connectivity index (χ3v) is 5.58. The summed E-state index contributed by atoms with van der Waals surface area (Å²) < 4.78 is 19.4. The first-order valence-corrected chi connectivity index (χ1v) is 10.3. The Bertz CT molecular complexity index is 983. The fraction of sp³-hybridized carbons (Fsp3) is 0.318. The molecule has 2 aromatic carbocycles. The lowest BCUT2D eigenvalue weighted by atomic mass is 10.0. The van der Waals surface area contributed by atoms with E-state index in [4.69, 9.17) is 16.0 Å². The Labute approximate surface area is 179 Å². The summed E-state index contributed by atoms with van der Waals surface area (Å²) in [6.45, 7) is 2.72. The van der Waals surface area contributed by atoms with Crippen LogP contribution in [0.2, 0.25) is 5.02 Å². The summed E-state index contributed by atoms with van der Waals surface area (Å²) >= 11 is 6.03. The highest BCUT2D eigenvalue weighted by Crippen LogP contribution is 2.22. The van der Waals surface area contributed by atoms with Crippen molar-refractivity contribution >= 4 is 17.5 Å².